The summed E-state index contributed by atoms with van der Waals surface area (Å²) >= 11 is 0. The highest BCUT2D eigenvalue weighted by Gasteiger charge is 2.30. The van der Waals surface area contributed by atoms with E-state index < -0.39 is 17.8 Å². The third-order valence-electron chi connectivity index (χ3n) is 6.41. The minimum absolute atomic E-state index is 0.0298. The van der Waals surface area contributed by atoms with Gasteiger partial charge in [0.05, 0.1) is 17.7 Å². The molecule has 1 unspecified atom stereocenters. The van der Waals surface area contributed by atoms with Crippen molar-refractivity contribution < 1.29 is 18.0 Å². The maximum Gasteiger partial charge on any atom is 0.416 e. The monoisotopic (exact) mass is 534 g/mol. The number of nitrogens with zero attached hydrogens (tertiary/aromatic N) is 3. The molecule has 1 fully saturated rings. The number of nitrogens with one attached hydrogen (secondary N) is 2. The van der Waals surface area contributed by atoms with E-state index in [1.807, 2.05) is 32.0 Å². The Labute approximate surface area is 225 Å². The summed E-state index contributed by atoms with van der Waals surface area (Å²) in [6.07, 6.45) is -1.34. The average molecular weight is 535 g/mol. The molecule has 7 nitrogen and oxygen atoms in total. The second-order valence-electron chi connectivity index (χ2n) is 9.62. The topological polar surface area (TPSA) is 116 Å². The number of rotatable bonds is 8. The molecule has 0 spiro atoms. The van der Waals surface area contributed by atoms with Crippen molar-refractivity contribution in [1.29, 1.82) is 5.26 Å². The summed E-state index contributed by atoms with van der Waals surface area (Å²) in [4.78, 5) is 21.8. The Morgan fingerprint density at radius 3 is 2.49 bits per heavy atom. The molecule has 1 aliphatic carbocycles. The number of benzene rings is 2. The van der Waals surface area contributed by atoms with Crippen LogP contribution in [0.3, 0.4) is 0 Å². The van der Waals surface area contributed by atoms with Crippen molar-refractivity contribution in [2.75, 3.05) is 10.6 Å². The van der Waals surface area contributed by atoms with Gasteiger partial charge in [-0.3, -0.25) is 9.98 Å². The number of aliphatic imine (C=N–C) groups is 1. The summed E-state index contributed by atoms with van der Waals surface area (Å²) in [6, 6.07) is 14.9. The molecule has 4 rings (SSSR count). The third kappa shape index (κ3) is 7.13. The zero-order valence-corrected chi connectivity index (χ0v) is 21.6. The van der Waals surface area contributed by atoms with Crippen molar-refractivity contribution in [1.82, 2.24) is 4.98 Å². The van der Waals surface area contributed by atoms with Gasteiger partial charge in [-0.1, -0.05) is 18.2 Å². The molecule has 0 bridgehead atoms. The maximum absolute atomic E-state index is 13.0. The van der Waals surface area contributed by atoms with Crippen molar-refractivity contribution in [3.8, 4) is 17.2 Å². The molecule has 1 aliphatic rings. The minimum Gasteiger partial charge on any atom is -0.383 e. The number of urea groups is 1. The van der Waals surface area contributed by atoms with E-state index >= 15 is 0 Å². The Morgan fingerprint density at radius 1 is 1.15 bits per heavy atom. The van der Waals surface area contributed by atoms with Gasteiger partial charge >= 0.3 is 12.2 Å². The zero-order chi connectivity index (χ0) is 28.2. The Hall–Kier alpha value is -4.39. The van der Waals surface area contributed by atoms with Crippen LogP contribution < -0.4 is 16.4 Å². The summed E-state index contributed by atoms with van der Waals surface area (Å²) in [6.45, 7) is 3.82. The van der Waals surface area contributed by atoms with Gasteiger partial charge in [0.25, 0.3) is 0 Å². The molecule has 1 aromatic heterocycles. The molecule has 0 radical (unpaired) electrons. The number of aromatic nitrogens is 1. The number of halogens is 3. The normalized spacial score (nSPS) is 14.4. The van der Waals surface area contributed by atoms with E-state index in [0.717, 1.165) is 53.1 Å². The fourth-order valence-electron chi connectivity index (χ4n) is 4.28. The summed E-state index contributed by atoms with van der Waals surface area (Å²) in [5.74, 6) is 0.773. The molecule has 2 aromatic carbocycles. The number of amides is 2. The number of carbonyl (C=O) groups excluding carboxylic acids is 1. The number of nitriles is 1. The number of amidine groups is 1. The quantitative estimate of drug-likeness (QED) is 0.213. The molecule has 0 saturated heterocycles. The fourth-order valence-corrected chi connectivity index (χ4v) is 4.28. The predicted molar refractivity (Wildman–Crippen MR) is 146 cm³/mol. The Morgan fingerprint density at radius 2 is 1.85 bits per heavy atom. The first kappa shape index (κ1) is 27.6. The molecule has 4 N–H and O–H groups in total. The van der Waals surface area contributed by atoms with Crippen LogP contribution in [0.4, 0.5) is 29.3 Å². The lowest BCUT2D eigenvalue weighted by molar-refractivity contribution is -0.137. The Bertz CT molecular complexity index is 1420. The van der Waals surface area contributed by atoms with Gasteiger partial charge in [0, 0.05) is 40.7 Å². The largest absolute Gasteiger partial charge is 0.416 e. The molecule has 1 saturated carbocycles. The smallest absolute Gasteiger partial charge is 0.383 e. The third-order valence-corrected chi connectivity index (χ3v) is 6.41. The maximum atomic E-state index is 13.0. The van der Waals surface area contributed by atoms with Crippen LogP contribution in [0.2, 0.25) is 0 Å². The highest BCUT2D eigenvalue weighted by Crippen LogP contribution is 2.41. The van der Waals surface area contributed by atoms with Crippen molar-refractivity contribution in [3.05, 3.63) is 77.1 Å². The number of carbonyl (C=O) groups is 1. The Kier molecular flexibility index (Phi) is 8.19. The van der Waals surface area contributed by atoms with Gasteiger partial charge in [0.2, 0.25) is 0 Å². The highest BCUT2D eigenvalue weighted by molar-refractivity contribution is 6.05. The van der Waals surface area contributed by atoms with E-state index in [1.54, 1.807) is 12.1 Å². The molecule has 3 aromatic rings. The summed E-state index contributed by atoms with van der Waals surface area (Å²) in [7, 11) is 0. The zero-order valence-electron chi connectivity index (χ0n) is 21.6. The van der Waals surface area contributed by atoms with Gasteiger partial charge in [-0.25, -0.2) is 4.79 Å². The number of pyridine rings is 1. The SMILES string of the molecule is Cc1nc(C2CC2)cc(-c2ccc(NC(=O)Nc3cccc(C(F)(F)F)c3)cc2)c1C(N)=NC(C)CCC#N. The molecule has 202 valence electrons. The van der Waals surface area contributed by atoms with Crippen molar-refractivity contribution in [3.63, 3.8) is 0 Å². The predicted octanol–water partition coefficient (Wildman–Crippen LogP) is 6.99. The molecule has 10 heteroatoms. The van der Waals surface area contributed by atoms with Crippen molar-refractivity contribution in [2.24, 2.45) is 10.7 Å². The first-order valence-electron chi connectivity index (χ1n) is 12.6. The van der Waals surface area contributed by atoms with Crippen molar-refractivity contribution >= 4 is 23.2 Å². The van der Waals surface area contributed by atoms with Gasteiger partial charge in [0.15, 0.2) is 0 Å². The van der Waals surface area contributed by atoms with Gasteiger partial charge in [-0.2, -0.15) is 18.4 Å². The molecule has 39 heavy (non-hydrogen) atoms. The lowest BCUT2D eigenvalue weighted by Crippen LogP contribution is -2.20. The first-order chi connectivity index (χ1) is 18.5. The highest BCUT2D eigenvalue weighted by atomic mass is 19.4. The van der Waals surface area contributed by atoms with Crippen LogP contribution in [0.25, 0.3) is 11.1 Å². The molecule has 2 amide bonds. The van der Waals surface area contributed by atoms with Crippen LogP contribution in [0.5, 0.6) is 0 Å². The van der Waals surface area contributed by atoms with E-state index in [4.69, 9.17) is 16.0 Å². The second-order valence-corrected chi connectivity index (χ2v) is 9.62. The first-order valence-corrected chi connectivity index (χ1v) is 12.6. The van der Waals surface area contributed by atoms with E-state index in [-0.39, 0.29) is 11.7 Å². The number of hydrogen-bond acceptors (Lipinski definition) is 4. The molecule has 0 aliphatic heterocycles. The van der Waals surface area contributed by atoms with E-state index in [9.17, 15) is 18.0 Å². The number of anilines is 2. The van der Waals surface area contributed by atoms with E-state index in [2.05, 4.69) is 21.7 Å². The van der Waals surface area contributed by atoms with Crippen LogP contribution >= 0.6 is 0 Å². The lowest BCUT2D eigenvalue weighted by Gasteiger charge is -2.16. The molecule has 1 atom stereocenters. The van der Waals surface area contributed by atoms with Crippen LogP contribution in [-0.4, -0.2) is 22.9 Å². The van der Waals surface area contributed by atoms with Crippen LogP contribution in [0.15, 0.2) is 59.6 Å². The average Bonchev–Trinajstić information content (AvgIpc) is 3.73. The van der Waals surface area contributed by atoms with Gasteiger partial charge in [-0.15, -0.1) is 0 Å². The molecular weight excluding hydrogens is 505 g/mol. The number of nitrogens with two attached hydrogens (primary N) is 1. The Balaban J connectivity index is 1.56. The fraction of sp³-hybridized carbons (Fsp3) is 0.310. The molecule has 1 heterocycles. The van der Waals surface area contributed by atoms with Gasteiger partial charge in [-0.05, 0) is 80.6 Å². The second kappa shape index (κ2) is 11.6. The summed E-state index contributed by atoms with van der Waals surface area (Å²) in [5, 5.41) is 13.9. The molecular formula is C29H29F3N6O. The number of alkyl halides is 3. The van der Waals surface area contributed by atoms with Crippen LogP contribution in [0.1, 0.15) is 61.0 Å². The number of aryl methyl sites for hydroxylation is 1. The standard InChI is InChI=1S/C29H29F3N6O/c1-17(5-4-14-33)35-27(34)26-18(2)36-25(20-8-9-20)16-24(26)19-10-12-22(13-11-19)37-28(39)38-23-7-3-6-21(15-23)29(30,31)32/h3,6-7,10-13,15-17,20H,4-5,8-9H2,1-2H3,(H2,34,35)(H2,37,38,39). The van der Waals surface area contributed by atoms with Crippen molar-refractivity contribution in [2.45, 2.75) is 57.7 Å². The van der Waals surface area contributed by atoms with Crippen LogP contribution in [-0.2, 0) is 6.18 Å². The summed E-state index contributed by atoms with van der Waals surface area (Å²) < 4.78 is 38.9. The van der Waals surface area contributed by atoms with Gasteiger partial charge < -0.3 is 16.4 Å². The van der Waals surface area contributed by atoms with Crippen LogP contribution in [0, 0.1) is 18.3 Å². The number of hydrogen-bond donors (Lipinski definition) is 3. The van der Waals surface area contributed by atoms with E-state index in [1.165, 1.54) is 12.1 Å². The van der Waals surface area contributed by atoms with Gasteiger partial charge in [0.1, 0.15) is 5.84 Å². The van der Waals surface area contributed by atoms with E-state index in [0.29, 0.717) is 30.3 Å². The minimum atomic E-state index is -4.50. The lowest BCUT2D eigenvalue weighted by atomic mass is 9.96. The summed E-state index contributed by atoms with van der Waals surface area (Å²) in [5.41, 5.74) is 10.3.